The topological polar surface area (TPSA) is 32.5 Å². The summed E-state index contributed by atoms with van der Waals surface area (Å²) in [4.78, 5) is 4.93. The second-order valence-corrected chi connectivity index (χ2v) is 6.21. The highest BCUT2D eigenvalue weighted by Gasteiger charge is 2.18. The lowest BCUT2D eigenvalue weighted by Gasteiger charge is -2.36. The van der Waals surface area contributed by atoms with Gasteiger partial charge in [0.25, 0.3) is 0 Å². The van der Waals surface area contributed by atoms with Crippen LogP contribution >= 0.6 is 15.9 Å². The zero-order chi connectivity index (χ0) is 14.7. The van der Waals surface area contributed by atoms with Crippen molar-refractivity contribution in [3.8, 4) is 0 Å². The van der Waals surface area contributed by atoms with Crippen LogP contribution in [0.1, 0.15) is 5.56 Å². The average molecular weight is 346 g/mol. The number of para-hydroxylation sites is 1. The van der Waals surface area contributed by atoms with Gasteiger partial charge in [0.15, 0.2) is 0 Å². The Morgan fingerprint density at radius 2 is 1.62 bits per heavy atom. The summed E-state index contributed by atoms with van der Waals surface area (Å²) in [5.74, 6) is 0. The van der Waals surface area contributed by atoms with Crippen molar-refractivity contribution in [1.82, 2.24) is 4.90 Å². The fraction of sp³-hybridized carbons (Fsp3) is 0.294. The molecule has 0 saturated carbocycles. The third kappa shape index (κ3) is 3.39. The number of anilines is 2. The average Bonchev–Trinajstić information content (AvgIpc) is 2.53. The molecule has 0 bridgehead atoms. The van der Waals surface area contributed by atoms with E-state index in [0.717, 1.165) is 42.9 Å². The number of piperazine rings is 1. The summed E-state index contributed by atoms with van der Waals surface area (Å²) in [5.41, 5.74) is 9.35. The first kappa shape index (κ1) is 14.4. The van der Waals surface area contributed by atoms with E-state index < -0.39 is 0 Å². The summed E-state index contributed by atoms with van der Waals surface area (Å²) in [7, 11) is 0. The number of nitrogens with two attached hydrogens (primary N) is 1. The van der Waals surface area contributed by atoms with Crippen molar-refractivity contribution in [2.75, 3.05) is 36.8 Å². The Morgan fingerprint density at radius 1 is 0.905 bits per heavy atom. The molecule has 110 valence electrons. The van der Waals surface area contributed by atoms with E-state index in [2.05, 4.69) is 62.1 Å². The Morgan fingerprint density at radius 3 is 2.33 bits per heavy atom. The normalized spacial score (nSPS) is 16.1. The number of benzene rings is 2. The Labute approximate surface area is 134 Å². The highest BCUT2D eigenvalue weighted by molar-refractivity contribution is 9.10. The van der Waals surface area contributed by atoms with Gasteiger partial charge in [0.1, 0.15) is 0 Å². The van der Waals surface area contributed by atoms with Crippen LogP contribution < -0.4 is 10.6 Å². The monoisotopic (exact) mass is 345 g/mol. The second kappa shape index (κ2) is 6.50. The molecule has 3 rings (SSSR count). The molecule has 0 spiro atoms. The third-order valence-electron chi connectivity index (χ3n) is 4.00. The van der Waals surface area contributed by atoms with E-state index in [-0.39, 0.29) is 0 Å². The standard InChI is InChI=1S/C17H20BrN3/c18-17-14(5-4-8-16(17)19)13-20-9-11-21(12-10-20)15-6-2-1-3-7-15/h1-8H,9-13,19H2. The molecule has 0 amide bonds. The van der Waals surface area contributed by atoms with E-state index >= 15 is 0 Å². The predicted octanol–water partition coefficient (Wildman–Crippen LogP) is 3.35. The molecule has 0 aromatic heterocycles. The molecule has 2 N–H and O–H groups in total. The first-order valence-corrected chi connectivity index (χ1v) is 8.08. The molecule has 0 aliphatic carbocycles. The maximum Gasteiger partial charge on any atom is 0.0461 e. The van der Waals surface area contributed by atoms with Crippen LogP contribution in [-0.2, 0) is 6.54 Å². The van der Waals surface area contributed by atoms with Crippen molar-refractivity contribution in [2.24, 2.45) is 0 Å². The van der Waals surface area contributed by atoms with Gasteiger partial charge in [0.05, 0.1) is 0 Å². The number of nitrogens with zero attached hydrogens (tertiary/aromatic N) is 2. The fourth-order valence-corrected chi connectivity index (χ4v) is 3.16. The molecule has 1 fully saturated rings. The van der Waals surface area contributed by atoms with Crippen LogP contribution in [0.5, 0.6) is 0 Å². The summed E-state index contributed by atoms with van der Waals surface area (Å²) >= 11 is 3.59. The van der Waals surface area contributed by atoms with Crippen LogP contribution in [0, 0.1) is 0 Å². The lowest BCUT2D eigenvalue weighted by molar-refractivity contribution is 0.249. The van der Waals surface area contributed by atoms with Crippen LogP contribution in [0.4, 0.5) is 11.4 Å². The van der Waals surface area contributed by atoms with E-state index in [1.165, 1.54) is 11.3 Å². The Bertz CT molecular complexity index is 592. The maximum atomic E-state index is 5.95. The van der Waals surface area contributed by atoms with E-state index in [1.807, 2.05) is 12.1 Å². The van der Waals surface area contributed by atoms with Gasteiger partial charge in [-0.25, -0.2) is 0 Å². The Balaban J connectivity index is 1.60. The third-order valence-corrected chi connectivity index (χ3v) is 4.96. The molecule has 1 heterocycles. The van der Waals surface area contributed by atoms with E-state index in [9.17, 15) is 0 Å². The van der Waals surface area contributed by atoms with Crippen molar-refractivity contribution in [3.05, 3.63) is 58.6 Å². The lowest BCUT2D eigenvalue weighted by atomic mass is 10.1. The minimum atomic E-state index is 0.815. The number of hydrogen-bond acceptors (Lipinski definition) is 3. The molecule has 2 aromatic rings. The van der Waals surface area contributed by atoms with Gasteiger partial charge < -0.3 is 10.6 Å². The summed E-state index contributed by atoms with van der Waals surface area (Å²) in [6.45, 7) is 5.26. The number of rotatable bonds is 3. The lowest BCUT2D eigenvalue weighted by Crippen LogP contribution is -2.46. The molecular formula is C17H20BrN3. The molecule has 2 aromatic carbocycles. The van der Waals surface area contributed by atoms with Gasteiger partial charge in [-0.2, -0.15) is 0 Å². The van der Waals surface area contributed by atoms with Crippen molar-refractivity contribution >= 4 is 27.3 Å². The van der Waals surface area contributed by atoms with Gasteiger partial charge in [-0.05, 0) is 39.7 Å². The van der Waals surface area contributed by atoms with Crippen LogP contribution in [-0.4, -0.2) is 31.1 Å². The SMILES string of the molecule is Nc1cccc(CN2CCN(c3ccccc3)CC2)c1Br. The molecule has 1 saturated heterocycles. The minimum Gasteiger partial charge on any atom is -0.398 e. The largest absolute Gasteiger partial charge is 0.398 e. The molecule has 0 radical (unpaired) electrons. The van der Waals surface area contributed by atoms with Crippen molar-refractivity contribution in [1.29, 1.82) is 0 Å². The van der Waals surface area contributed by atoms with Gasteiger partial charge in [0.2, 0.25) is 0 Å². The molecule has 1 aliphatic rings. The van der Waals surface area contributed by atoms with Crippen molar-refractivity contribution in [2.45, 2.75) is 6.54 Å². The van der Waals surface area contributed by atoms with Crippen LogP contribution in [0.25, 0.3) is 0 Å². The fourth-order valence-electron chi connectivity index (χ4n) is 2.77. The molecule has 0 atom stereocenters. The second-order valence-electron chi connectivity index (χ2n) is 5.42. The smallest absolute Gasteiger partial charge is 0.0461 e. The first-order chi connectivity index (χ1) is 10.2. The maximum absolute atomic E-state index is 5.95. The Hall–Kier alpha value is -1.52. The first-order valence-electron chi connectivity index (χ1n) is 7.29. The van der Waals surface area contributed by atoms with E-state index in [1.54, 1.807) is 0 Å². The number of hydrogen-bond donors (Lipinski definition) is 1. The molecule has 3 nitrogen and oxygen atoms in total. The predicted molar refractivity (Wildman–Crippen MR) is 92.5 cm³/mol. The van der Waals surface area contributed by atoms with Gasteiger partial charge in [-0.1, -0.05) is 30.3 Å². The number of halogens is 1. The van der Waals surface area contributed by atoms with Gasteiger partial charge in [-0.15, -0.1) is 0 Å². The van der Waals surface area contributed by atoms with Crippen LogP contribution in [0.15, 0.2) is 53.0 Å². The van der Waals surface area contributed by atoms with Gasteiger partial charge in [0, 0.05) is 48.6 Å². The van der Waals surface area contributed by atoms with E-state index in [4.69, 9.17) is 5.73 Å². The highest BCUT2D eigenvalue weighted by atomic mass is 79.9. The summed E-state index contributed by atoms with van der Waals surface area (Å²) in [5, 5.41) is 0. The highest BCUT2D eigenvalue weighted by Crippen LogP contribution is 2.25. The van der Waals surface area contributed by atoms with Crippen LogP contribution in [0.2, 0.25) is 0 Å². The van der Waals surface area contributed by atoms with E-state index in [0.29, 0.717) is 0 Å². The minimum absolute atomic E-state index is 0.815. The molecule has 4 heteroatoms. The van der Waals surface area contributed by atoms with Crippen molar-refractivity contribution < 1.29 is 0 Å². The zero-order valence-corrected chi connectivity index (χ0v) is 13.6. The zero-order valence-electron chi connectivity index (χ0n) is 12.0. The van der Waals surface area contributed by atoms with Gasteiger partial charge in [-0.3, -0.25) is 4.90 Å². The van der Waals surface area contributed by atoms with Gasteiger partial charge >= 0.3 is 0 Å². The quantitative estimate of drug-likeness (QED) is 0.865. The molecule has 0 unspecified atom stereocenters. The molecule has 21 heavy (non-hydrogen) atoms. The molecular weight excluding hydrogens is 326 g/mol. The number of nitrogen functional groups attached to an aromatic ring is 1. The summed E-state index contributed by atoms with van der Waals surface area (Å²) in [6, 6.07) is 16.7. The Kier molecular flexibility index (Phi) is 4.46. The summed E-state index contributed by atoms with van der Waals surface area (Å²) in [6.07, 6.45) is 0. The van der Waals surface area contributed by atoms with Crippen molar-refractivity contribution in [3.63, 3.8) is 0 Å². The summed E-state index contributed by atoms with van der Waals surface area (Å²) < 4.78 is 1.04. The van der Waals surface area contributed by atoms with Crippen LogP contribution in [0.3, 0.4) is 0 Å². The molecule has 1 aliphatic heterocycles.